The highest BCUT2D eigenvalue weighted by molar-refractivity contribution is 7.89. The Hall–Kier alpha value is -3.88. The van der Waals surface area contributed by atoms with Crippen molar-refractivity contribution in [1.29, 1.82) is 0 Å². The van der Waals surface area contributed by atoms with Gasteiger partial charge in [0.25, 0.3) is 11.8 Å². The predicted molar refractivity (Wildman–Crippen MR) is 112 cm³/mol. The lowest BCUT2D eigenvalue weighted by Crippen LogP contribution is -2.54. The number of carbonyl (C=O) groups excluding carboxylic acids is 4. The van der Waals surface area contributed by atoms with Gasteiger partial charge in [-0.05, 0) is 42.8 Å². The second kappa shape index (κ2) is 8.57. The molecule has 0 bridgehead atoms. The van der Waals surface area contributed by atoms with E-state index in [0.29, 0.717) is 5.56 Å². The van der Waals surface area contributed by atoms with E-state index in [1.807, 2.05) is 0 Å². The van der Waals surface area contributed by atoms with Crippen LogP contribution in [0.2, 0.25) is 0 Å². The molecule has 2 aromatic carbocycles. The minimum Gasteiger partial charge on any atom is -0.295 e. The Bertz CT molecular complexity index is 1380. The zero-order chi connectivity index (χ0) is 23.8. The summed E-state index contributed by atoms with van der Waals surface area (Å²) in [7, 11) is -3.95. The van der Waals surface area contributed by atoms with Crippen LogP contribution >= 0.6 is 0 Å². The van der Waals surface area contributed by atoms with Crippen LogP contribution in [-0.2, 0) is 19.6 Å². The number of rotatable bonds is 4. The van der Waals surface area contributed by atoms with Crippen molar-refractivity contribution in [3.63, 3.8) is 0 Å². The summed E-state index contributed by atoms with van der Waals surface area (Å²) in [6.45, 7) is -0.273. The first kappa shape index (κ1) is 22.3. The highest BCUT2D eigenvalue weighted by atomic mass is 32.2. The van der Waals surface area contributed by atoms with E-state index in [9.17, 15) is 32.0 Å². The number of nitrogens with zero attached hydrogens (tertiary/aromatic N) is 1. The molecule has 0 aliphatic carbocycles. The van der Waals surface area contributed by atoms with E-state index in [4.69, 9.17) is 0 Å². The lowest BCUT2D eigenvalue weighted by atomic mass is 10.0. The number of amides is 4. The molecule has 2 heterocycles. The van der Waals surface area contributed by atoms with E-state index >= 15 is 0 Å². The fraction of sp³-hybridized carbons (Fsp3) is 0.182. The molecule has 2 aromatic rings. The van der Waals surface area contributed by atoms with Gasteiger partial charge in [-0.1, -0.05) is 17.9 Å². The molecule has 4 rings (SSSR count). The highest BCUT2D eigenvalue weighted by Crippen LogP contribution is 2.28. The van der Waals surface area contributed by atoms with E-state index in [2.05, 4.69) is 21.9 Å². The number of hydrogen-bond acceptors (Lipinski definition) is 6. The fourth-order valence-corrected chi connectivity index (χ4v) is 4.50. The Morgan fingerprint density at radius 1 is 1.06 bits per heavy atom. The molecule has 0 spiro atoms. The molecule has 4 amide bonds. The molecule has 1 atom stereocenters. The minimum atomic E-state index is -3.95. The molecule has 2 aliphatic rings. The maximum absolute atomic E-state index is 13.2. The molecular weight excluding hydrogens is 453 g/mol. The summed E-state index contributed by atoms with van der Waals surface area (Å²) in [5, 5.41) is 2.12. The molecule has 2 aliphatic heterocycles. The summed E-state index contributed by atoms with van der Waals surface area (Å²) >= 11 is 0. The SMILES string of the molecule is O=C1CCC(N2C(=O)c3ccc(C#CCNS(=O)(=O)c4cccc(F)c4)cc3C2=O)C(=O)N1. The first-order chi connectivity index (χ1) is 15.7. The molecule has 0 saturated carbocycles. The molecule has 33 heavy (non-hydrogen) atoms. The van der Waals surface area contributed by atoms with Crippen molar-refractivity contribution in [2.75, 3.05) is 6.54 Å². The van der Waals surface area contributed by atoms with Gasteiger partial charge in [-0.15, -0.1) is 0 Å². The van der Waals surface area contributed by atoms with E-state index < -0.39 is 45.5 Å². The van der Waals surface area contributed by atoms with Gasteiger partial charge >= 0.3 is 0 Å². The lowest BCUT2D eigenvalue weighted by molar-refractivity contribution is -0.136. The molecule has 1 saturated heterocycles. The molecule has 2 N–H and O–H groups in total. The van der Waals surface area contributed by atoms with Crippen LogP contribution in [0.15, 0.2) is 47.4 Å². The third kappa shape index (κ3) is 4.39. The third-order valence-electron chi connectivity index (χ3n) is 5.13. The maximum atomic E-state index is 13.2. The average Bonchev–Trinajstić information content (AvgIpc) is 3.01. The van der Waals surface area contributed by atoms with Gasteiger partial charge in [-0.25, -0.2) is 12.8 Å². The molecule has 0 radical (unpaired) electrons. The van der Waals surface area contributed by atoms with Gasteiger partial charge in [-0.3, -0.25) is 29.4 Å². The third-order valence-corrected chi connectivity index (χ3v) is 6.53. The number of halogens is 1. The summed E-state index contributed by atoms with van der Waals surface area (Å²) in [4.78, 5) is 49.5. The van der Waals surface area contributed by atoms with Crippen molar-refractivity contribution in [3.05, 3.63) is 65.0 Å². The van der Waals surface area contributed by atoms with Gasteiger partial charge in [-0.2, -0.15) is 4.72 Å². The Labute approximate surface area is 188 Å². The number of sulfonamides is 1. The second-order valence-electron chi connectivity index (χ2n) is 7.29. The minimum absolute atomic E-state index is 0.0199. The molecule has 168 valence electrons. The van der Waals surface area contributed by atoms with Crippen LogP contribution in [0.1, 0.15) is 39.1 Å². The molecule has 1 fully saturated rings. The van der Waals surface area contributed by atoms with Crippen LogP contribution in [0, 0.1) is 17.7 Å². The molecule has 9 nitrogen and oxygen atoms in total. The quantitative estimate of drug-likeness (QED) is 0.497. The molecule has 1 unspecified atom stereocenters. The summed E-state index contributed by atoms with van der Waals surface area (Å²) < 4.78 is 39.8. The summed E-state index contributed by atoms with van der Waals surface area (Å²) in [6, 6.07) is 7.74. The van der Waals surface area contributed by atoms with Crippen LogP contribution in [0.25, 0.3) is 0 Å². The Balaban J connectivity index is 1.48. The monoisotopic (exact) mass is 469 g/mol. The molecule has 11 heteroatoms. The van der Waals surface area contributed by atoms with Gasteiger partial charge in [0.1, 0.15) is 11.9 Å². The predicted octanol–water partition coefficient (Wildman–Crippen LogP) is 0.557. The van der Waals surface area contributed by atoms with Crippen molar-refractivity contribution in [2.45, 2.75) is 23.8 Å². The standard InChI is InChI=1S/C22H16FN3O6S/c23-14-4-1-5-15(12-14)33(31,32)24-10-2-3-13-6-7-16-17(11-13)22(30)26(21(16)29)18-8-9-19(27)25-20(18)28/h1,4-7,11-12,18,24H,8-10H2,(H,25,27,28). The molecular formula is C22H16FN3O6S. The Kier molecular flexibility index (Phi) is 5.80. The molecule has 0 aromatic heterocycles. The number of imide groups is 2. The van der Waals surface area contributed by atoms with Crippen molar-refractivity contribution >= 4 is 33.7 Å². The van der Waals surface area contributed by atoms with Crippen molar-refractivity contribution in [3.8, 4) is 11.8 Å². The summed E-state index contributed by atoms with van der Waals surface area (Å²) in [6.07, 6.45) is 0.0698. The van der Waals surface area contributed by atoms with Crippen LogP contribution in [-0.4, -0.2) is 49.5 Å². The van der Waals surface area contributed by atoms with Crippen LogP contribution in [0.4, 0.5) is 4.39 Å². The average molecular weight is 469 g/mol. The zero-order valence-corrected chi connectivity index (χ0v) is 17.7. The van der Waals surface area contributed by atoms with Crippen molar-refractivity contribution in [1.82, 2.24) is 14.9 Å². The Morgan fingerprint density at radius 2 is 1.82 bits per heavy atom. The van der Waals surface area contributed by atoms with Crippen LogP contribution in [0.5, 0.6) is 0 Å². The number of nitrogens with one attached hydrogen (secondary N) is 2. The first-order valence-electron chi connectivity index (χ1n) is 9.77. The number of hydrogen-bond donors (Lipinski definition) is 2. The van der Waals surface area contributed by atoms with Gasteiger partial charge in [0, 0.05) is 12.0 Å². The van der Waals surface area contributed by atoms with E-state index in [1.54, 1.807) is 0 Å². The largest absolute Gasteiger partial charge is 0.295 e. The highest BCUT2D eigenvalue weighted by Gasteiger charge is 2.44. The maximum Gasteiger partial charge on any atom is 0.262 e. The van der Waals surface area contributed by atoms with Crippen LogP contribution in [0.3, 0.4) is 0 Å². The zero-order valence-electron chi connectivity index (χ0n) is 16.9. The van der Waals surface area contributed by atoms with E-state index in [-0.39, 0.29) is 35.4 Å². The second-order valence-corrected chi connectivity index (χ2v) is 9.06. The van der Waals surface area contributed by atoms with Gasteiger partial charge in [0.05, 0.1) is 22.6 Å². The number of fused-ring (bicyclic) bond motifs is 1. The number of piperidine rings is 1. The summed E-state index contributed by atoms with van der Waals surface area (Å²) in [5.41, 5.74) is 0.531. The van der Waals surface area contributed by atoms with Crippen molar-refractivity contribution < 1.29 is 32.0 Å². The van der Waals surface area contributed by atoms with Gasteiger partial charge in [0.2, 0.25) is 21.8 Å². The smallest absolute Gasteiger partial charge is 0.262 e. The number of benzene rings is 2. The van der Waals surface area contributed by atoms with E-state index in [0.717, 1.165) is 17.0 Å². The Morgan fingerprint density at radius 3 is 2.55 bits per heavy atom. The first-order valence-corrected chi connectivity index (χ1v) is 11.3. The van der Waals surface area contributed by atoms with Gasteiger partial charge in [0.15, 0.2) is 0 Å². The lowest BCUT2D eigenvalue weighted by Gasteiger charge is -2.27. The van der Waals surface area contributed by atoms with Gasteiger partial charge < -0.3 is 0 Å². The van der Waals surface area contributed by atoms with Crippen LogP contribution < -0.4 is 10.0 Å². The van der Waals surface area contributed by atoms with Crippen molar-refractivity contribution in [2.24, 2.45) is 0 Å². The van der Waals surface area contributed by atoms with E-state index in [1.165, 1.54) is 30.3 Å². The number of carbonyl (C=O) groups is 4. The normalized spacial score (nSPS) is 18.0. The topological polar surface area (TPSA) is 130 Å². The fourth-order valence-electron chi connectivity index (χ4n) is 3.54. The summed E-state index contributed by atoms with van der Waals surface area (Å²) in [5.74, 6) is 2.15.